The molecule has 112 valence electrons. The van der Waals surface area contributed by atoms with Gasteiger partial charge in [-0.15, -0.1) is 0 Å². The molecule has 0 unspecified atom stereocenters. The maximum atomic E-state index is 13.7. The van der Waals surface area contributed by atoms with E-state index in [1.807, 2.05) is 6.92 Å². The quantitative estimate of drug-likeness (QED) is 0.880. The van der Waals surface area contributed by atoms with Crippen molar-refractivity contribution in [1.29, 1.82) is 0 Å². The zero-order valence-corrected chi connectivity index (χ0v) is 12.3. The molecule has 2 aromatic rings. The van der Waals surface area contributed by atoms with Gasteiger partial charge >= 0.3 is 0 Å². The van der Waals surface area contributed by atoms with Crippen LogP contribution in [0.15, 0.2) is 18.2 Å². The topological polar surface area (TPSA) is 49.8 Å². The van der Waals surface area contributed by atoms with Crippen LogP contribution in [-0.4, -0.2) is 17.0 Å². The summed E-state index contributed by atoms with van der Waals surface area (Å²) in [6.07, 6.45) is 1.59. The second-order valence-electron chi connectivity index (χ2n) is 4.68. The van der Waals surface area contributed by atoms with Crippen molar-refractivity contribution in [3.05, 3.63) is 41.2 Å². The van der Waals surface area contributed by atoms with Crippen molar-refractivity contribution in [2.45, 2.75) is 26.7 Å². The van der Waals surface area contributed by atoms with Crippen LogP contribution in [0.5, 0.6) is 0 Å². The standard InChI is InChI=1S/C15H18F2N4/c1-4-6-12-19-14(18-3)9(2)15(20-12)21-13-10(16)7-5-8-11(13)17/h5,7-8H,4,6H2,1-3H3,(H2,18,19,20,21). The average Bonchev–Trinajstić information content (AvgIpc) is 2.46. The number of aryl methyl sites for hydroxylation is 1. The number of aromatic nitrogens is 2. The van der Waals surface area contributed by atoms with E-state index in [4.69, 9.17) is 0 Å². The first-order valence-electron chi connectivity index (χ1n) is 6.83. The summed E-state index contributed by atoms with van der Waals surface area (Å²) in [5.74, 6) is 0.369. The Labute approximate surface area is 122 Å². The number of rotatable bonds is 5. The molecule has 0 saturated carbocycles. The Morgan fingerprint density at radius 2 is 1.71 bits per heavy atom. The molecule has 0 radical (unpaired) electrons. The summed E-state index contributed by atoms with van der Waals surface area (Å²) in [4.78, 5) is 8.73. The molecule has 0 aliphatic carbocycles. The van der Waals surface area contributed by atoms with Gasteiger partial charge in [-0.05, 0) is 25.5 Å². The van der Waals surface area contributed by atoms with Gasteiger partial charge in [-0.2, -0.15) is 0 Å². The number of para-hydroxylation sites is 1. The normalized spacial score (nSPS) is 10.5. The molecule has 4 nitrogen and oxygen atoms in total. The van der Waals surface area contributed by atoms with Crippen LogP contribution in [0.4, 0.5) is 26.1 Å². The number of hydrogen-bond acceptors (Lipinski definition) is 4. The lowest BCUT2D eigenvalue weighted by Gasteiger charge is -2.14. The highest BCUT2D eigenvalue weighted by Gasteiger charge is 2.14. The maximum absolute atomic E-state index is 13.7. The number of hydrogen-bond donors (Lipinski definition) is 2. The summed E-state index contributed by atoms with van der Waals surface area (Å²) < 4.78 is 27.5. The molecular formula is C15H18F2N4. The van der Waals surface area contributed by atoms with Crippen molar-refractivity contribution in [1.82, 2.24) is 9.97 Å². The second kappa shape index (κ2) is 6.47. The number of nitrogens with zero attached hydrogens (tertiary/aromatic N) is 2. The summed E-state index contributed by atoms with van der Waals surface area (Å²) in [6.45, 7) is 3.81. The van der Waals surface area contributed by atoms with E-state index in [1.54, 1.807) is 14.0 Å². The lowest BCUT2D eigenvalue weighted by molar-refractivity contribution is 0.590. The molecule has 1 aromatic carbocycles. The minimum atomic E-state index is -0.656. The molecule has 2 N–H and O–H groups in total. The molecule has 2 rings (SSSR count). The summed E-state index contributed by atoms with van der Waals surface area (Å²) in [5.41, 5.74) is 0.504. The number of benzene rings is 1. The fraction of sp³-hybridized carbons (Fsp3) is 0.333. The van der Waals surface area contributed by atoms with Gasteiger partial charge in [-0.1, -0.05) is 13.0 Å². The Balaban J connectivity index is 2.45. The van der Waals surface area contributed by atoms with E-state index in [2.05, 4.69) is 20.6 Å². The largest absolute Gasteiger partial charge is 0.373 e. The van der Waals surface area contributed by atoms with Crippen LogP contribution in [0.1, 0.15) is 24.7 Å². The molecule has 0 bridgehead atoms. The van der Waals surface area contributed by atoms with Gasteiger partial charge < -0.3 is 10.6 Å². The van der Waals surface area contributed by atoms with Crippen LogP contribution in [0.3, 0.4) is 0 Å². The molecule has 1 aromatic heterocycles. The molecule has 1 heterocycles. The van der Waals surface area contributed by atoms with E-state index in [9.17, 15) is 8.78 Å². The zero-order chi connectivity index (χ0) is 15.4. The van der Waals surface area contributed by atoms with Crippen LogP contribution in [-0.2, 0) is 6.42 Å². The van der Waals surface area contributed by atoms with Crippen LogP contribution in [0.25, 0.3) is 0 Å². The van der Waals surface area contributed by atoms with Gasteiger partial charge in [0.25, 0.3) is 0 Å². The Kier molecular flexibility index (Phi) is 4.67. The third-order valence-electron chi connectivity index (χ3n) is 3.11. The molecular weight excluding hydrogens is 274 g/mol. The first-order valence-corrected chi connectivity index (χ1v) is 6.83. The van der Waals surface area contributed by atoms with Gasteiger partial charge in [-0.25, -0.2) is 18.7 Å². The second-order valence-corrected chi connectivity index (χ2v) is 4.68. The van der Waals surface area contributed by atoms with Gasteiger partial charge in [0.05, 0.1) is 0 Å². The molecule has 21 heavy (non-hydrogen) atoms. The van der Waals surface area contributed by atoms with Crippen molar-refractivity contribution in [3.8, 4) is 0 Å². The van der Waals surface area contributed by atoms with E-state index in [0.29, 0.717) is 29.4 Å². The molecule has 0 atom stereocenters. The van der Waals surface area contributed by atoms with Crippen LogP contribution in [0.2, 0.25) is 0 Å². The first-order chi connectivity index (χ1) is 10.1. The molecule has 6 heteroatoms. The minimum absolute atomic E-state index is 0.205. The van der Waals surface area contributed by atoms with E-state index >= 15 is 0 Å². The van der Waals surface area contributed by atoms with E-state index in [-0.39, 0.29) is 5.69 Å². The molecule has 0 spiro atoms. The summed E-state index contributed by atoms with van der Waals surface area (Å²) in [7, 11) is 1.75. The zero-order valence-electron chi connectivity index (χ0n) is 12.3. The Morgan fingerprint density at radius 1 is 1.10 bits per heavy atom. The summed E-state index contributed by atoms with van der Waals surface area (Å²) >= 11 is 0. The predicted octanol–water partition coefficient (Wildman–Crippen LogP) is 3.80. The van der Waals surface area contributed by atoms with Crippen LogP contribution >= 0.6 is 0 Å². The third-order valence-corrected chi connectivity index (χ3v) is 3.11. The van der Waals surface area contributed by atoms with Crippen molar-refractivity contribution < 1.29 is 8.78 Å². The van der Waals surface area contributed by atoms with Gasteiger partial charge in [0, 0.05) is 19.0 Å². The Morgan fingerprint density at radius 3 is 2.29 bits per heavy atom. The molecule has 0 aliphatic heterocycles. The third kappa shape index (κ3) is 3.26. The Bertz CT molecular complexity index is 624. The lowest BCUT2D eigenvalue weighted by Crippen LogP contribution is -2.08. The predicted molar refractivity (Wildman–Crippen MR) is 80.0 cm³/mol. The smallest absolute Gasteiger partial charge is 0.149 e. The van der Waals surface area contributed by atoms with Crippen molar-refractivity contribution in [2.75, 3.05) is 17.7 Å². The number of nitrogens with one attached hydrogen (secondary N) is 2. The lowest BCUT2D eigenvalue weighted by atomic mass is 10.2. The first kappa shape index (κ1) is 15.2. The van der Waals surface area contributed by atoms with Gasteiger partial charge in [0.2, 0.25) is 0 Å². The Hall–Kier alpha value is -2.24. The van der Waals surface area contributed by atoms with E-state index in [0.717, 1.165) is 6.42 Å². The van der Waals surface area contributed by atoms with Crippen LogP contribution < -0.4 is 10.6 Å². The highest BCUT2D eigenvalue weighted by Crippen LogP contribution is 2.27. The summed E-state index contributed by atoms with van der Waals surface area (Å²) in [5, 5.41) is 5.71. The van der Waals surface area contributed by atoms with Gasteiger partial charge in [0.1, 0.15) is 34.8 Å². The van der Waals surface area contributed by atoms with Gasteiger partial charge in [-0.3, -0.25) is 0 Å². The van der Waals surface area contributed by atoms with Crippen molar-refractivity contribution in [3.63, 3.8) is 0 Å². The SMILES string of the molecule is CCCc1nc(NC)c(C)c(Nc2c(F)cccc2F)n1. The maximum Gasteiger partial charge on any atom is 0.149 e. The van der Waals surface area contributed by atoms with Crippen molar-refractivity contribution in [2.24, 2.45) is 0 Å². The van der Waals surface area contributed by atoms with Crippen LogP contribution in [0, 0.1) is 18.6 Å². The monoisotopic (exact) mass is 292 g/mol. The minimum Gasteiger partial charge on any atom is -0.373 e. The van der Waals surface area contributed by atoms with Gasteiger partial charge in [0.15, 0.2) is 0 Å². The molecule has 0 saturated heterocycles. The summed E-state index contributed by atoms with van der Waals surface area (Å²) in [6, 6.07) is 3.73. The average molecular weight is 292 g/mol. The molecule has 0 fully saturated rings. The fourth-order valence-electron chi connectivity index (χ4n) is 2.00. The molecule has 0 aliphatic rings. The number of halogens is 2. The highest BCUT2D eigenvalue weighted by molar-refractivity contribution is 5.65. The molecule has 0 amide bonds. The fourth-order valence-corrected chi connectivity index (χ4v) is 2.00. The van der Waals surface area contributed by atoms with E-state index in [1.165, 1.54) is 18.2 Å². The number of anilines is 3. The highest BCUT2D eigenvalue weighted by atomic mass is 19.1. The van der Waals surface area contributed by atoms with Crippen molar-refractivity contribution >= 4 is 17.3 Å². The van der Waals surface area contributed by atoms with E-state index < -0.39 is 11.6 Å².